The first kappa shape index (κ1) is 22.9. The summed E-state index contributed by atoms with van der Waals surface area (Å²) in [5.41, 5.74) is 0. The molecule has 9 nitrogen and oxygen atoms in total. The molecular formula is C20H33N5O4S. The Morgan fingerprint density at radius 1 is 1.13 bits per heavy atom. The first-order valence-corrected chi connectivity index (χ1v) is 12.1. The first-order valence-electron chi connectivity index (χ1n) is 10.7. The Labute approximate surface area is 179 Å². The van der Waals surface area contributed by atoms with Crippen molar-refractivity contribution in [2.45, 2.75) is 44.2 Å². The van der Waals surface area contributed by atoms with E-state index in [1.807, 2.05) is 25.7 Å². The molecule has 0 aliphatic carbocycles. The molecule has 168 valence electrons. The van der Waals surface area contributed by atoms with E-state index in [2.05, 4.69) is 15.2 Å². The van der Waals surface area contributed by atoms with Crippen LogP contribution in [0.5, 0.6) is 0 Å². The second kappa shape index (κ2) is 10.0. The van der Waals surface area contributed by atoms with E-state index >= 15 is 0 Å². The second-order valence-corrected chi connectivity index (χ2v) is 9.90. The summed E-state index contributed by atoms with van der Waals surface area (Å²) in [5.74, 6) is 0.876. The molecule has 0 unspecified atom stereocenters. The molecule has 10 heteroatoms. The Hall–Kier alpha value is -1.75. The minimum absolute atomic E-state index is 0.144. The smallest absolute Gasteiger partial charge is 0.244 e. The molecule has 1 amide bonds. The average Bonchev–Trinajstić information content (AvgIpc) is 2.77. The number of rotatable bonds is 7. The SMILES string of the molecule is CC[C@@H](NC(C)C)C(=O)N1CCN(c2ccc(S(=O)(=O)N3CCOCC3)cn2)CC1. The van der Waals surface area contributed by atoms with E-state index in [9.17, 15) is 13.2 Å². The highest BCUT2D eigenvalue weighted by molar-refractivity contribution is 7.89. The number of pyridine rings is 1. The summed E-state index contributed by atoms with van der Waals surface area (Å²) in [6.45, 7) is 10.3. The van der Waals surface area contributed by atoms with Crippen molar-refractivity contribution in [1.29, 1.82) is 0 Å². The molecule has 2 fully saturated rings. The van der Waals surface area contributed by atoms with Gasteiger partial charge in [-0.25, -0.2) is 13.4 Å². The number of carbonyl (C=O) groups is 1. The van der Waals surface area contributed by atoms with Gasteiger partial charge in [0.2, 0.25) is 15.9 Å². The Morgan fingerprint density at radius 2 is 1.80 bits per heavy atom. The maximum absolute atomic E-state index is 12.8. The number of carbonyl (C=O) groups excluding carboxylic acids is 1. The topological polar surface area (TPSA) is 95.1 Å². The molecule has 2 aliphatic rings. The van der Waals surface area contributed by atoms with Gasteiger partial charge in [-0.1, -0.05) is 20.8 Å². The van der Waals surface area contributed by atoms with E-state index in [0.717, 1.165) is 12.2 Å². The number of hydrogen-bond donors (Lipinski definition) is 1. The highest BCUT2D eigenvalue weighted by Gasteiger charge is 2.29. The number of nitrogens with one attached hydrogen (secondary N) is 1. The molecular weight excluding hydrogens is 406 g/mol. The summed E-state index contributed by atoms with van der Waals surface area (Å²) in [6.07, 6.45) is 2.19. The van der Waals surface area contributed by atoms with Gasteiger partial charge in [-0.2, -0.15) is 4.31 Å². The normalized spacial score (nSPS) is 19.9. The van der Waals surface area contributed by atoms with Crippen LogP contribution in [0.2, 0.25) is 0 Å². The maximum atomic E-state index is 12.8. The van der Waals surface area contributed by atoms with Crippen molar-refractivity contribution < 1.29 is 17.9 Å². The van der Waals surface area contributed by atoms with Crippen molar-refractivity contribution in [2.75, 3.05) is 57.4 Å². The fraction of sp³-hybridized carbons (Fsp3) is 0.700. The summed E-state index contributed by atoms with van der Waals surface area (Å²) < 4.78 is 32.1. The monoisotopic (exact) mass is 439 g/mol. The van der Waals surface area contributed by atoms with Crippen LogP contribution in [0.4, 0.5) is 5.82 Å². The summed E-state index contributed by atoms with van der Waals surface area (Å²) in [6, 6.07) is 3.47. The van der Waals surface area contributed by atoms with Gasteiger partial charge in [0.1, 0.15) is 10.7 Å². The Morgan fingerprint density at radius 3 is 2.33 bits per heavy atom. The number of anilines is 1. The molecule has 3 rings (SSSR count). The fourth-order valence-corrected chi connectivity index (χ4v) is 5.14. The molecule has 1 N–H and O–H groups in total. The van der Waals surface area contributed by atoms with Crippen molar-refractivity contribution in [3.8, 4) is 0 Å². The molecule has 0 spiro atoms. The van der Waals surface area contributed by atoms with Gasteiger partial charge < -0.3 is 19.9 Å². The van der Waals surface area contributed by atoms with Crippen molar-refractivity contribution in [3.63, 3.8) is 0 Å². The third kappa shape index (κ3) is 5.29. The summed E-state index contributed by atoms with van der Waals surface area (Å²) >= 11 is 0. The van der Waals surface area contributed by atoms with Gasteiger partial charge >= 0.3 is 0 Å². The fourth-order valence-electron chi connectivity index (χ4n) is 3.79. The van der Waals surface area contributed by atoms with Gasteiger partial charge in [-0.15, -0.1) is 0 Å². The van der Waals surface area contributed by atoms with Crippen LogP contribution in [-0.2, 0) is 19.6 Å². The lowest BCUT2D eigenvalue weighted by molar-refractivity contribution is -0.134. The van der Waals surface area contributed by atoms with Gasteiger partial charge in [-0.05, 0) is 18.6 Å². The van der Waals surface area contributed by atoms with E-state index in [1.54, 1.807) is 12.1 Å². The molecule has 0 bridgehead atoms. The minimum atomic E-state index is -3.54. The zero-order valence-corrected chi connectivity index (χ0v) is 18.9. The zero-order chi connectivity index (χ0) is 21.7. The van der Waals surface area contributed by atoms with E-state index in [-0.39, 0.29) is 22.9 Å². The zero-order valence-electron chi connectivity index (χ0n) is 18.1. The number of aromatic nitrogens is 1. The third-order valence-corrected chi connectivity index (χ3v) is 7.37. The first-order chi connectivity index (χ1) is 14.3. The lowest BCUT2D eigenvalue weighted by atomic mass is 10.1. The molecule has 0 saturated carbocycles. The number of piperazine rings is 1. The van der Waals surface area contributed by atoms with Gasteiger partial charge in [0.25, 0.3) is 0 Å². The Kier molecular flexibility index (Phi) is 7.67. The number of hydrogen-bond acceptors (Lipinski definition) is 7. The van der Waals surface area contributed by atoms with E-state index in [1.165, 1.54) is 10.5 Å². The maximum Gasteiger partial charge on any atom is 0.244 e. The average molecular weight is 440 g/mol. The molecule has 2 aliphatic heterocycles. The predicted molar refractivity (Wildman–Crippen MR) is 115 cm³/mol. The molecule has 0 aromatic carbocycles. The number of ether oxygens (including phenoxy) is 1. The van der Waals surface area contributed by atoms with Crippen LogP contribution in [-0.4, -0.2) is 93.1 Å². The molecule has 1 aromatic rings. The minimum Gasteiger partial charge on any atom is -0.379 e. The van der Waals surface area contributed by atoms with Crippen LogP contribution in [0.15, 0.2) is 23.2 Å². The number of sulfonamides is 1. The quantitative estimate of drug-likeness (QED) is 0.662. The van der Waals surface area contributed by atoms with Crippen LogP contribution < -0.4 is 10.2 Å². The van der Waals surface area contributed by atoms with Gasteiger partial charge in [0.05, 0.1) is 19.3 Å². The van der Waals surface area contributed by atoms with Crippen molar-refractivity contribution in [3.05, 3.63) is 18.3 Å². The molecule has 30 heavy (non-hydrogen) atoms. The lowest BCUT2D eigenvalue weighted by Gasteiger charge is -2.37. The Balaban J connectivity index is 1.59. The van der Waals surface area contributed by atoms with Crippen LogP contribution in [0.25, 0.3) is 0 Å². The largest absolute Gasteiger partial charge is 0.379 e. The van der Waals surface area contributed by atoms with Gasteiger partial charge in [0.15, 0.2) is 0 Å². The van der Waals surface area contributed by atoms with E-state index < -0.39 is 10.0 Å². The molecule has 3 heterocycles. The standard InChI is InChI=1S/C20H33N5O4S/c1-4-18(22-16(2)3)20(26)24-9-7-23(8-10-24)19-6-5-17(15-21-19)30(27,28)25-11-13-29-14-12-25/h5-6,15-16,18,22H,4,7-14H2,1-3H3/t18-/m1/s1. The second-order valence-electron chi connectivity index (χ2n) is 7.96. The summed E-state index contributed by atoms with van der Waals surface area (Å²) in [4.78, 5) is 21.3. The number of amides is 1. The summed E-state index contributed by atoms with van der Waals surface area (Å²) in [5, 5.41) is 3.33. The van der Waals surface area contributed by atoms with Gasteiger partial charge in [-0.3, -0.25) is 4.79 Å². The lowest BCUT2D eigenvalue weighted by Crippen LogP contribution is -2.55. The van der Waals surface area contributed by atoms with Crippen LogP contribution in [0.3, 0.4) is 0 Å². The van der Waals surface area contributed by atoms with Gasteiger partial charge in [0, 0.05) is 51.5 Å². The number of nitrogens with zero attached hydrogens (tertiary/aromatic N) is 4. The molecule has 2 saturated heterocycles. The molecule has 0 radical (unpaired) electrons. The van der Waals surface area contributed by atoms with Crippen LogP contribution in [0.1, 0.15) is 27.2 Å². The highest BCUT2D eigenvalue weighted by atomic mass is 32.2. The highest BCUT2D eigenvalue weighted by Crippen LogP contribution is 2.20. The Bertz CT molecular complexity index is 801. The van der Waals surface area contributed by atoms with Crippen molar-refractivity contribution >= 4 is 21.7 Å². The molecule has 1 atom stereocenters. The number of morpholine rings is 1. The molecule has 1 aromatic heterocycles. The summed E-state index contributed by atoms with van der Waals surface area (Å²) in [7, 11) is -3.54. The predicted octanol–water partition coefficient (Wildman–Crippen LogP) is 0.528. The van der Waals surface area contributed by atoms with E-state index in [0.29, 0.717) is 52.5 Å². The van der Waals surface area contributed by atoms with Crippen LogP contribution >= 0.6 is 0 Å². The third-order valence-electron chi connectivity index (χ3n) is 5.48. The van der Waals surface area contributed by atoms with Crippen molar-refractivity contribution in [1.82, 2.24) is 19.5 Å². The van der Waals surface area contributed by atoms with Crippen LogP contribution in [0, 0.1) is 0 Å². The van der Waals surface area contributed by atoms with Crippen molar-refractivity contribution in [2.24, 2.45) is 0 Å². The van der Waals surface area contributed by atoms with E-state index in [4.69, 9.17) is 4.74 Å².